The van der Waals surface area contributed by atoms with Crippen molar-refractivity contribution in [2.24, 2.45) is 0 Å². The van der Waals surface area contributed by atoms with Gasteiger partial charge in [-0.15, -0.1) is 0 Å². The van der Waals surface area contributed by atoms with E-state index < -0.39 is 0 Å². The number of halogens is 1. The number of benzene rings is 2. The van der Waals surface area contributed by atoms with Gasteiger partial charge in [-0.25, -0.2) is 0 Å². The number of carbonyl (C=O) groups is 2. The van der Waals surface area contributed by atoms with Crippen LogP contribution in [0.3, 0.4) is 0 Å². The summed E-state index contributed by atoms with van der Waals surface area (Å²) in [5.74, 6) is 0.215. The Hall–Kier alpha value is -2.53. The lowest BCUT2D eigenvalue weighted by molar-refractivity contribution is -0.119. The molecule has 2 N–H and O–H groups in total. The van der Waals surface area contributed by atoms with E-state index in [1.807, 2.05) is 0 Å². The van der Waals surface area contributed by atoms with Gasteiger partial charge in [0, 0.05) is 24.7 Å². The summed E-state index contributed by atoms with van der Waals surface area (Å²) in [4.78, 5) is 23.1. The fourth-order valence-corrected chi connectivity index (χ4v) is 2.21. The van der Waals surface area contributed by atoms with E-state index in [1.54, 1.807) is 42.5 Å². The Morgan fingerprint density at radius 3 is 2.39 bits per heavy atom. The fraction of sp³-hybridized carbons (Fsp3) is 0.176. The highest BCUT2D eigenvalue weighted by molar-refractivity contribution is 6.32. The van der Waals surface area contributed by atoms with Crippen LogP contribution in [0.2, 0.25) is 5.02 Å². The number of amides is 2. The van der Waals surface area contributed by atoms with Crippen molar-refractivity contribution >= 4 is 29.1 Å². The smallest absolute Gasteiger partial charge is 0.255 e. The predicted molar refractivity (Wildman–Crippen MR) is 89.9 cm³/mol. The van der Waals surface area contributed by atoms with Crippen LogP contribution in [0, 0.1) is 0 Å². The van der Waals surface area contributed by atoms with E-state index in [-0.39, 0.29) is 11.8 Å². The average Bonchev–Trinajstić information content (AvgIpc) is 2.53. The average molecular weight is 333 g/mol. The van der Waals surface area contributed by atoms with E-state index in [1.165, 1.54) is 14.0 Å². The highest BCUT2D eigenvalue weighted by Crippen LogP contribution is 2.27. The summed E-state index contributed by atoms with van der Waals surface area (Å²) in [6.45, 7) is 1.90. The Morgan fingerprint density at radius 2 is 1.83 bits per heavy atom. The molecule has 2 aromatic rings. The molecule has 2 amide bonds. The third-order valence-electron chi connectivity index (χ3n) is 3.17. The second-order valence-corrected chi connectivity index (χ2v) is 5.32. The van der Waals surface area contributed by atoms with Crippen molar-refractivity contribution in [3.63, 3.8) is 0 Å². The van der Waals surface area contributed by atoms with Crippen LogP contribution in [-0.4, -0.2) is 18.9 Å². The van der Waals surface area contributed by atoms with Crippen molar-refractivity contribution in [2.75, 3.05) is 12.4 Å². The van der Waals surface area contributed by atoms with Gasteiger partial charge in [0.15, 0.2) is 0 Å². The van der Waals surface area contributed by atoms with E-state index in [9.17, 15) is 9.59 Å². The Bertz CT molecular complexity index is 714. The van der Waals surface area contributed by atoms with Crippen molar-refractivity contribution in [1.82, 2.24) is 5.32 Å². The molecule has 0 heterocycles. The number of hydrogen-bond donors (Lipinski definition) is 2. The molecule has 0 atom stereocenters. The van der Waals surface area contributed by atoms with Gasteiger partial charge in [-0.2, -0.15) is 0 Å². The Balaban J connectivity index is 2.03. The minimum absolute atomic E-state index is 0.0943. The molecule has 0 bridgehead atoms. The first kappa shape index (κ1) is 16.8. The lowest BCUT2D eigenvalue weighted by Crippen LogP contribution is -2.19. The normalized spacial score (nSPS) is 10.0. The lowest BCUT2D eigenvalue weighted by atomic mass is 10.1. The zero-order chi connectivity index (χ0) is 16.8. The number of rotatable bonds is 5. The van der Waals surface area contributed by atoms with Gasteiger partial charge in [0.25, 0.3) is 5.91 Å². The minimum Gasteiger partial charge on any atom is -0.495 e. The number of nitrogens with one attached hydrogen (secondary N) is 2. The second kappa shape index (κ2) is 7.65. The van der Waals surface area contributed by atoms with Crippen LogP contribution in [0.1, 0.15) is 22.8 Å². The van der Waals surface area contributed by atoms with Gasteiger partial charge in [-0.1, -0.05) is 23.7 Å². The quantitative estimate of drug-likeness (QED) is 0.883. The summed E-state index contributed by atoms with van der Waals surface area (Å²) in [6.07, 6.45) is 0. The number of ether oxygens (including phenoxy) is 1. The van der Waals surface area contributed by atoms with Crippen LogP contribution in [0.4, 0.5) is 5.69 Å². The second-order valence-electron chi connectivity index (χ2n) is 4.91. The van der Waals surface area contributed by atoms with Crippen molar-refractivity contribution in [1.29, 1.82) is 0 Å². The molecular formula is C17H17ClN2O3. The predicted octanol–water partition coefficient (Wildman–Crippen LogP) is 3.24. The summed E-state index contributed by atoms with van der Waals surface area (Å²) in [5, 5.41) is 5.90. The summed E-state index contributed by atoms with van der Waals surface area (Å²) in [7, 11) is 1.53. The van der Waals surface area contributed by atoms with Crippen LogP contribution in [0.5, 0.6) is 5.75 Å². The molecule has 2 rings (SSSR count). The number of anilines is 1. The Kier molecular flexibility index (Phi) is 5.60. The maximum atomic E-state index is 12.2. The highest BCUT2D eigenvalue weighted by Gasteiger charge is 2.08. The Labute approximate surface area is 139 Å². The number of methoxy groups -OCH3 is 1. The summed E-state index contributed by atoms with van der Waals surface area (Å²) in [5.41, 5.74) is 2.02. The number of hydrogen-bond acceptors (Lipinski definition) is 3. The summed E-state index contributed by atoms with van der Waals surface area (Å²) >= 11 is 6.03. The lowest BCUT2D eigenvalue weighted by Gasteiger charge is -2.09. The summed E-state index contributed by atoms with van der Waals surface area (Å²) < 4.78 is 5.07. The third kappa shape index (κ3) is 4.72. The van der Waals surface area contributed by atoms with Gasteiger partial charge in [-0.3, -0.25) is 9.59 Å². The number of carbonyl (C=O) groups excluding carboxylic acids is 2. The van der Waals surface area contributed by atoms with E-state index >= 15 is 0 Å². The molecular weight excluding hydrogens is 316 g/mol. The highest BCUT2D eigenvalue weighted by atomic mass is 35.5. The fourth-order valence-electron chi connectivity index (χ4n) is 1.95. The van der Waals surface area contributed by atoms with Crippen LogP contribution >= 0.6 is 11.6 Å². The zero-order valence-electron chi connectivity index (χ0n) is 12.9. The van der Waals surface area contributed by atoms with Crippen LogP contribution in [0.15, 0.2) is 42.5 Å². The maximum absolute atomic E-state index is 12.2. The monoisotopic (exact) mass is 332 g/mol. The molecule has 2 aromatic carbocycles. The molecule has 23 heavy (non-hydrogen) atoms. The molecule has 0 radical (unpaired) electrons. The molecule has 0 saturated carbocycles. The van der Waals surface area contributed by atoms with Gasteiger partial charge in [0.05, 0.1) is 12.1 Å². The molecule has 0 aliphatic heterocycles. The standard InChI is InChI=1S/C17H17ClN2O3/c1-11(21)19-10-12-3-5-13(6-4-12)17(22)20-14-7-8-16(23-2)15(18)9-14/h3-9H,10H2,1-2H3,(H,19,21)(H,20,22). The molecule has 0 fully saturated rings. The third-order valence-corrected chi connectivity index (χ3v) is 3.46. The van der Waals surface area contributed by atoms with Crippen molar-refractivity contribution in [3.05, 3.63) is 58.6 Å². The van der Waals surface area contributed by atoms with Crippen molar-refractivity contribution in [3.8, 4) is 5.75 Å². The van der Waals surface area contributed by atoms with Crippen molar-refractivity contribution < 1.29 is 14.3 Å². The molecule has 0 aromatic heterocycles. The van der Waals surface area contributed by atoms with E-state index in [0.717, 1.165) is 5.56 Å². The molecule has 0 unspecified atom stereocenters. The molecule has 0 aliphatic rings. The van der Waals surface area contributed by atoms with E-state index in [0.29, 0.717) is 28.6 Å². The molecule has 120 valence electrons. The first-order valence-electron chi connectivity index (χ1n) is 6.98. The molecule has 0 aliphatic carbocycles. The molecule has 0 spiro atoms. The van der Waals surface area contributed by atoms with E-state index in [2.05, 4.69) is 10.6 Å². The van der Waals surface area contributed by atoms with Crippen LogP contribution in [-0.2, 0) is 11.3 Å². The van der Waals surface area contributed by atoms with Gasteiger partial charge >= 0.3 is 0 Å². The Morgan fingerprint density at radius 1 is 1.13 bits per heavy atom. The van der Waals surface area contributed by atoms with Crippen molar-refractivity contribution in [2.45, 2.75) is 13.5 Å². The molecule has 6 heteroatoms. The van der Waals surface area contributed by atoms with E-state index in [4.69, 9.17) is 16.3 Å². The first-order chi connectivity index (χ1) is 11.0. The molecule has 5 nitrogen and oxygen atoms in total. The minimum atomic E-state index is -0.239. The van der Waals surface area contributed by atoms with Crippen LogP contribution in [0.25, 0.3) is 0 Å². The summed E-state index contributed by atoms with van der Waals surface area (Å²) in [6, 6.07) is 12.0. The largest absolute Gasteiger partial charge is 0.495 e. The topological polar surface area (TPSA) is 67.4 Å². The SMILES string of the molecule is COc1ccc(NC(=O)c2ccc(CNC(C)=O)cc2)cc1Cl. The van der Waals surface area contributed by atoms with Gasteiger partial charge in [0.1, 0.15) is 5.75 Å². The maximum Gasteiger partial charge on any atom is 0.255 e. The molecule has 0 saturated heterocycles. The first-order valence-corrected chi connectivity index (χ1v) is 7.35. The van der Waals surface area contributed by atoms with Gasteiger partial charge in [0.2, 0.25) is 5.91 Å². The van der Waals surface area contributed by atoms with Gasteiger partial charge < -0.3 is 15.4 Å². The van der Waals surface area contributed by atoms with Crippen LogP contribution < -0.4 is 15.4 Å². The zero-order valence-corrected chi connectivity index (χ0v) is 13.6. The van der Waals surface area contributed by atoms with Gasteiger partial charge in [-0.05, 0) is 35.9 Å².